The van der Waals surface area contributed by atoms with Gasteiger partial charge in [0.05, 0.1) is 16.9 Å². The van der Waals surface area contributed by atoms with Crippen LogP contribution < -0.4 is 16.6 Å². The molecule has 1 aromatic carbocycles. The van der Waals surface area contributed by atoms with E-state index in [0.717, 1.165) is 6.42 Å². The van der Waals surface area contributed by atoms with Crippen LogP contribution in [0.2, 0.25) is 0 Å². The van der Waals surface area contributed by atoms with Crippen LogP contribution in [0.5, 0.6) is 0 Å². The molecule has 10 nitrogen and oxygen atoms in total. The van der Waals surface area contributed by atoms with Crippen molar-refractivity contribution in [2.75, 3.05) is 5.73 Å². The Morgan fingerprint density at radius 2 is 1.95 bits per heavy atom. The maximum Gasteiger partial charge on any atom is 0.267 e. The van der Waals surface area contributed by atoms with Gasteiger partial charge in [-0.05, 0) is 62.6 Å². The molecule has 0 spiro atoms. The van der Waals surface area contributed by atoms with Gasteiger partial charge in [0.1, 0.15) is 17.1 Å². The predicted molar refractivity (Wildman–Crippen MR) is 159 cm³/mol. The summed E-state index contributed by atoms with van der Waals surface area (Å²) in [5, 5.41) is 7.49. The van der Waals surface area contributed by atoms with E-state index < -0.39 is 11.9 Å². The summed E-state index contributed by atoms with van der Waals surface area (Å²) in [6.07, 6.45) is 11.3. The first-order chi connectivity index (χ1) is 19.9. The van der Waals surface area contributed by atoms with Gasteiger partial charge in [-0.25, -0.2) is 19.5 Å². The van der Waals surface area contributed by atoms with Crippen molar-refractivity contribution in [2.24, 2.45) is 0 Å². The first-order valence-electron chi connectivity index (χ1n) is 13.1. The summed E-state index contributed by atoms with van der Waals surface area (Å²) in [4.78, 5) is 41.0. The molecule has 10 heteroatoms. The summed E-state index contributed by atoms with van der Waals surface area (Å²) < 4.78 is 2.96. The lowest BCUT2D eigenvalue weighted by Crippen LogP contribution is -2.34. The van der Waals surface area contributed by atoms with Crippen LogP contribution in [0.1, 0.15) is 60.7 Å². The molecule has 4 heterocycles. The number of allylic oxidation sites excluding steroid dienone is 4. The number of hydrogen-bond donors (Lipinski definition) is 2. The number of hydrogen-bond acceptors (Lipinski definition) is 7. The number of fused-ring (bicyclic) bond motifs is 2. The van der Waals surface area contributed by atoms with E-state index in [1.54, 1.807) is 55.8 Å². The molecule has 0 saturated carbocycles. The monoisotopic (exact) mass is 544 g/mol. The maximum atomic E-state index is 14.2. The van der Waals surface area contributed by atoms with Crippen molar-refractivity contribution in [3.63, 3.8) is 0 Å². The van der Waals surface area contributed by atoms with Crippen LogP contribution in [0.15, 0.2) is 84.1 Å². The lowest BCUT2D eigenvalue weighted by Gasteiger charge is -2.20. The average molecular weight is 545 g/mol. The number of anilines is 1. The Morgan fingerprint density at radius 3 is 2.71 bits per heavy atom. The van der Waals surface area contributed by atoms with E-state index in [1.165, 1.54) is 9.08 Å². The standard InChI is InChI=1S/C31H28N8O2/c1-4-6-13-23(5-2)39-28(20(3)35-30(40)26-27(32)37-38-19-10-18-34-29(26)38)36-24-14-9-11-21(25(24)31(39)41)15-16-22-12-7-8-17-33-22/h5-14,17-20H,4H2,1-3H3,(H2,32,37)(H,35,40)/b13-6-,23-5+/t20-/m1/s1. The molecule has 204 valence electrons. The molecule has 0 aliphatic heterocycles. The highest BCUT2D eigenvalue weighted by molar-refractivity contribution is 6.04. The lowest BCUT2D eigenvalue weighted by molar-refractivity contribution is 0.0940. The van der Waals surface area contributed by atoms with Gasteiger partial charge in [0.25, 0.3) is 11.5 Å². The average Bonchev–Trinajstić information content (AvgIpc) is 3.33. The van der Waals surface area contributed by atoms with Gasteiger partial charge in [-0.2, -0.15) is 0 Å². The highest BCUT2D eigenvalue weighted by Gasteiger charge is 2.25. The van der Waals surface area contributed by atoms with Crippen LogP contribution in [-0.4, -0.2) is 35.0 Å². The van der Waals surface area contributed by atoms with Gasteiger partial charge in [-0.15, -0.1) is 5.10 Å². The van der Waals surface area contributed by atoms with Crippen LogP contribution in [-0.2, 0) is 0 Å². The number of nitrogens with one attached hydrogen (secondary N) is 1. The molecule has 0 bridgehead atoms. The second kappa shape index (κ2) is 11.7. The molecule has 1 atom stereocenters. The quantitative estimate of drug-likeness (QED) is 0.243. The largest absolute Gasteiger partial charge is 0.381 e. The van der Waals surface area contributed by atoms with Crippen molar-refractivity contribution in [3.05, 3.63) is 112 Å². The summed E-state index contributed by atoms with van der Waals surface area (Å²) >= 11 is 0. The zero-order valence-corrected chi connectivity index (χ0v) is 22.9. The Hall–Kier alpha value is -5.56. The Morgan fingerprint density at radius 1 is 1.12 bits per heavy atom. The maximum absolute atomic E-state index is 14.2. The molecule has 0 aliphatic carbocycles. The molecule has 4 aromatic heterocycles. The van der Waals surface area contributed by atoms with Gasteiger partial charge in [0.15, 0.2) is 11.5 Å². The number of nitrogens with two attached hydrogens (primary N) is 1. The number of pyridine rings is 1. The fourth-order valence-electron chi connectivity index (χ4n) is 4.45. The smallest absolute Gasteiger partial charge is 0.267 e. The molecule has 0 aliphatic rings. The molecule has 41 heavy (non-hydrogen) atoms. The molecule has 1 amide bonds. The summed E-state index contributed by atoms with van der Waals surface area (Å²) in [6.45, 7) is 5.62. The summed E-state index contributed by atoms with van der Waals surface area (Å²) in [5.74, 6) is 6.04. The fourth-order valence-corrected chi connectivity index (χ4v) is 4.45. The summed E-state index contributed by atoms with van der Waals surface area (Å²) in [7, 11) is 0. The lowest BCUT2D eigenvalue weighted by atomic mass is 10.1. The highest BCUT2D eigenvalue weighted by Crippen LogP contribution is 2.22. The minimum Gasteiger partial charge on any atom is -0.381 e. The minimum absolute atomic E-state index is 0.0494. The molecule has 0 saturated heterocycles. The van der Waals surface area contributed by atoms with E-state index in [2.05, 4.69) is 32.2 Å². The second-order valence-electron chi connectivity index (χ2n) is 9.14. The van der Waals surface area contributed by atoms with Crippen LogP contribution in [0.25, 0.3) is 22.2 Å². The number of aromatic nitrogens is 6. The molecule has 5 aromatic rings. The molecule has 5 rings (SSSR count). The topological polar surface area (TPSA) is 133 Å². The van der Waals surface area contributed by atoms with E-state index in [0.29, 0.717) is 39.3 Å². The van der Waals surface area contributed by atoms with Gasteiger partial charge < -0.3 is 11.1 Å². The number of benzene rings is 1. The Balaban J connectivity index is 1.65. The van der Waals surface area contributed by atoms with Crippen LogP contribution in [0, 0.1) is 11.8 Å². The van der Waals surface area contributed by atoms with Gasteiger partial charge in [0.2, 0.25) is 0 Å². The molecular formula is C31H28N8O2. The third kappa shape index (κ3) is 5.33. The van der Waals surface area contributed by atoms with Crippen molar-refractivity contribution >= 4 is 34.0 Å². The first-order valence-corrected chi connectivity index (χ1v) is 13.1. The van der Waals surface area contributed by atoms with Crippen molar-refractivity contribution < 1.29 is 4.79 Å². The molecule has 0 radical (unpaired) electrons. The first kappa shape index (κ1) is 27.0. The number of amides is 1. The highest BCUT2D eigenvalue weighted by atomic mass is 16.2. The van der Waals surface area contributed by atoms with Crippen molar-refractivity contribution in [1.29, 1.82) is 0 Å². The predicted octanol–water partition coefficient (Wildman–Crippen LogP) is 4.13. The van der Waals surface area contributed by atoms with E-state index in [-0.39, 0.29) is 16.9 Å². The Bertz CT molecular complexity index is 1940. The number of rotatable bonds is 6. The molecular weight excluding hydrogens is 516 g/mol. The van der Waals surface area contributed by atoms with Crippen LogP contribution in [0.4, 0.5) is 5.82 Å². The fraction of sp³-hybridized carbons (Fsp3) is 0.161. The third-order valence-electron chi connectivity index (χ3n) is 6.38. The second-order valence-corrected chi connectivity index (χ2v) is 9.14. The van der Waals surface area contributed by atoms with Crippen molar-refractivity contribution in [2.45, 2.75) is 33.2 Å². The zero-order chi connectivity index (χ0) is 28.9. The SMILES string of the molecule is C/C=C(\C=C/CC)n1c([C@@H](C)NC(=O)c2c(N)nn3cccnc23)nc2cccc(C#Cc3ccccn3)c2c1=O. The van der Waals surface area contributed by atoms with Crippen molar-refractivity contribution in [1.82, 2.24) is 34.4 Å². The molecule has 0 fully saturated rings. The number of carbonyl (C=O) groups is 1. The molecule has 0 unspecified atom stereocenters. The normalized spacial score (nSPS) is 12.4. The minimum atomic E-state index is -0.689. The zero-order valence-electron chi connectivity index (χ0n) is 22.9. The third-order valence-corrected chi connectivity index (χ3v) is 6.38. The Labute approximate surface area is 236 Å². The van der Waals surface area contributed by atoms with Gasteiger partial charge in [0, 0.05) is 29.9 Å². The summed E-state index contributed by atoms with van der Waals surface area (Å²) in [5.41, 5.74) is 8.44. The van der Waals surface area contributed by atoms with Crippen LogP contribution >= 0.6 is 0 Å². The van der Waals surface area contributed by atoms with E-state index >= 15 is 0 Å². The number of carbonyl (C=O) groups excluding carboxylic acids is 1. The van der Waals surface area contributed by atoms with E-state index in [4.69, 9.17) is 10.7 Å². The van der Waals surface area contributed by atoms with E-state index in [9.17, 15) is 9.59 Å². The number of nitrogen functional groups attached to an aromatic ring is 1. The van der Waals surface area contributed by atoms with Gasteiger partial charge >= 0.3 is 0 Å². The van der Waals surface area contributed by atoms with E-state index in [1.807, 2.05) is 44.2 Å². The number of nitrogens with zero attached hydrogens (tertiary/aromatic N) is 6. The van der Waals surface area contributed by atoms with Gasteiger partial charge in [-0.3, -0.25) is 14.2 Å². The Kier molecular flexibility index (Phi) is 7.69. The van der Waals surface area contributed by atoms with Crippen molar-refractivity contribution in [3.8, 4) is 11.8 Å². The summed E-state index contributed by atoms with van der Waals surface area (Å²) in [6, 6.07) is 11.8. The molecule has 3 N–H and O–H groups in total. The van der Waals surface area contributed by atoms with Gasteiger partial charge in [-0.1, -0.05) is 37.1 Å². The van der Waals surface area contributed by atoms with Crippen LogP contribution in [0.3, 0.4) is 0 Å².